The Bertz CT molecular complexity index is 536. The number of aryl methyl sites for hydroxylation is 2. The summed E-state index contributed by atoms with van der Waals surface area (Å²) in [5.74, 6) is 1.76. The van der Waals surface area contributed by atoms with Crippen molar-refractivity contribution < 1.29 is 0 Å². The van der Waals surface area contributed by atoms with E-state index in [1.807, 2.05) is 0 Å². The molecule has 0 N–H and O–H groups in total. The highest BCUT2D eigenvalue weighted by atomic mass is 127. The van der Waals surface area contributed by atoms with Crippen LogP contribution in [0, 0.1) is 3.57 Å². The first kappa shape index (κ1) is 15.1. The highest BCUT2D eigenvalue weighted by Gasteiger charge is 2.10. The fraction of sp³-hybridized carbons (Fsp3) is 0.533. The third-order valence-electron chi connectivity index (χ3n) is 3.34. The van der Waals surface area contributed by atoms with Gasteiger partial charge in [-0.05, 0) is 47.2 Å². The molecule has 4 heteroatoms. The van der Waals surface area contributed by atoms with E-state index in [1.54, 1.807) is 0 Å². The molecule has 0 bridgehead atoms. The molecule has 0 spiro atoms. The minimum atomic E-state index is 0.634. The minimum absolute atomic E-state index is 0.634. The third kappa shape index (κ3) is 3.85. The van der Waals surface area contributed by atoms with E-state index in [1.165, 1.54) is 34.8 Å². The van der Waals surface area contributed by atoms with E-state index < -0.39 is 0 Å². The van der Waals surface area contributed by atoms with Crippen LogP contribution < -0.4 is 0 Å². The molecule has 19 heavy (non-hydrogen) atoms. The van der Waals surface area contributed by atoms with Gasteiger partial charge in [-0.25, -0.2) is 4.98 Å². The monoisotopic (exact) mass is 390 g/mol. The summed E-state index contributed by atoms with van der Waals surface area (Å²) in [7, 11) is 0. The summed E-state index contributed by atoms with van der Waals surface area (Å²) in [6, 6.07) is 6.48. The quantitative estimate of drug-likeness (QED) is 0.369. The maximum atomic E-state index is 5.90. The molecule has 0 saturated carbocycles. The summed E-state index contributed by atoms with van der Waals surface area (Å²) in [5.41, 5.74) is 2.35. The number of aromatic nitrogens is 2. The number of imidazole rings is 1. The van der Waals surface area contributed by atoms with E-state index in [4.69, 9.17) is 16.6 Å². The summed E-state index contributed by atoms with van der Waals surface area (Å²) in [5, 5.41) is 0. The summed E-state index contributed by atoms with van der Waals surface area (Å²) >= 11 is 8.23. The largest absolute Gasteiger partial charge is 0.328 e. The van der Waals surface area contributed by atoms with Crippen LogP contribution in [0.2, 0.25) is 0 Å². The Morgan fingerprint density at radius 2 is 2.11 bits per heavy atom. The lowest BCUT2D eigenvalue weighted by Crippen LogP contribution is -2.05. The van der Waals surface area contributed by atoms with E-state index in [-0.39, 0.29) is 0 Å². The van der Waals surface area contributed by atoms with Gasteiger partial charge in [0, 0.05) is 22.4 Å². The van der Waals surface area contributed by atoms with Crippen molar-refractivity contribution in [3.05, 3.63) is 27.6 Å². The molecule has 1 heterocycles. The second kappa shape index (κ2) is 7.48. The summed E-state index contributed by atoms with van der Waals surface area (Å²) < 4.78 is 3.59. The Kier molecular flexibility index (Phi) is 5.95. The van der Waals surface area contributed by atoms with Gasteiger partial charge in [-0.2, -0.15) is 0 Å². The van der Waals surface area contributed by atoms with Crippen LogP contribution in [-0.2, 0) is 13.0 Å². The van der Waals surface area contributed by atoms with Crippen molar-refractivity contribution in [2.24, 2.45) is 0 Å². The number of alkyl halides is 1. The maximum absolute atomic E-state index is 5.90. The highest BCUT2D eigenvalue weighted by Crippen LogP contribution is 2.20. The molecule has 104 valence electrons. The van der Waals surface area contributed by atoms with Gasteiger partial charge in [0.25, 0.3) is 0 Å². The lowest BCUT2D eigenvalue weighted by atomic mass is 10.2. The first-order valence-electron chi connectivity index (χ1n) is 6.97. The smallest absolute Gasteiger partial charge is 0.111 e. The molecule has 0 fully saturated rings. The van der Waals surface area contributed by atoms with Gasteiger partial charge < -0.3 is 4.57 Å². The second-order valence-electron chi connectivity index (χ2n) is 4.81. The number of hydrogen-bond donors (Lipinski definition) is 0. The molecule has 1 aromatic heterocycles. The van der Waals surface area contributed by atoms with Gasteiger partial charge in [0.15, 0.2) is 0 Å². The fourth-order valence-electron chi connectivity index (χ4n) is 2.37. The van der Waals surface area contributed by atoms with Crippen LogP contribution in [0.4, 0.5) is 0 Å². The van der Waals surface area contributed by atoms with Gasteiger partial charge in [-0.3, -0.25) is 0 Å². The average Bonchev–Trinajstić information content (AvgIpc) is 2.72. The first-order valence-corrected chi connectivity index (χ1v) is 8.58. The predicted molar refractivity (Wildman–Crippen MR) is 91.0 cm³/mol. The Hall–Kier alpha value is -0.290. The number of benzene rings is 1. The number of rotatable bonds is 7. The molecule has 2 nitrogen and oxygen atoms in total. The molecule has 0 atom stereocenters. The second-order valence-corrected chi connectivity index (χ2v) is 6.44. The van der Waals surface area contributed by atoms with Crippen molar-refractivity contribution in [2.75, 3.05) is 5.88 Å². The zero-order chi connectivity index (χ0) is 13.7. The third-order valence-corrected chi connectivity index (χ3v) is 4.20. The molecular weight excluding hydrogens is 371 g/mol. The Labute approximate surface area is 133 Å². The molecule has 0 unspecified atom stereocenters. The van der Waals surface area contributed by atoms with E-state index in [0.717, 1.165) is 24.3 Å². The van der Waals surface area contributed by atoms with Crippen molar-refractivity contribution in [2.45, 2.75) is 45.6 Å². The Morgan fingerprint density at radius 3 is 2.84 bits per heavy atom. The predicted octanol–water partition coefficient (Wildman–Crippen LogP) is 5.00. The standard InChI is InChI=1S/C15H20ClIN2/c1-2-3-4-5-10-19-14-7-6-12(17)11-13(14)18-15(19)8-9-16/h6-7,11H,2-5,8-10H2,1H3. The van der Waals surface area contributed by atoms with Crippen LogP contribution in [-0.4, -0.2) is 15.4 Å². The van der Waals surface area contributed by atoms with Crippen molar-refractivity contribution in [1.29, 1.82) is 0 Å². The van der Waals surface area contributed by atoms with Crippen molar-refractivity contribution in [1.82, 2.24) is 9.55 Å². The van der Waals surface area contributed by atoms with Gasteiger partial charge in [0.2, 0.25) is 0 Å². The number of halogens is 2. The van der Waals surface area contributed by atoms with Gasteiger partial charge in [-0.15, -0.1) is 11.6 Å². The van der Waals surface area contributed by atoms with Crippen LogP contribution >= 0.6 is 34.2 Å². The van der Waals surface area contributed by atoms with Crippen LogP contribution in [0.3, 0.4) is 0 Å². The highest BCUT2D eigenvalue weighted by molar-refractivity contribution is 14.1. The SMILES string of the molecule is CCCCCCn1c(CCCl)nc2cc(I)ccc21. The number of unbranched alkanes of at least 4 members (excludes halogenated alkanes) is 3. The van der Waals surface area contributed by atoms with E-state index >= 15 is 0 Å². The molecule has 0 radical (unpaired) electrons. The summed E-state index contributed by atoms with van der Waals surface area (Å²) in [4.78, 5) is 4.74. The van der Waals surface area contributed by atoms with Crippen LogP contribution in [0.25, 0.3) is 11.0 Å². The van der Waals surface area contributed by atoms with Crippen LogP contribution in [0.15, 0.2) is 18.2 Å². The number of hydrogen-bond acceptors (Lipinski definition) is 1. The summed E-state index contributed by atoms with van der Waals surface area (Å²) in [6.45, 7) is 3.30. The lowest BCUT2D eigenvalue weighted by molar-refractivity contribution is 0.576. The molecule has 2 rings (SSSR count). The molecule has 1 aromatic carbocycles. The van der Waals surface area contributed by atoms with Crippen LogP contribution in [0.5, 0.6) is 0 Å². The number of nitrogens with zero attached hydrogens (tertiary/aromatic N) is 2. The van der Waals surface area contributed by atoms with E-state index in [0.29, 0.717) is 5.88 Å². The molecule has 0 aliphatic rings. The molecule has 0 amide bonds. The van der Waals surface area contributed by atoms with Gasteiger partial charge in [-0.1, -0.05) is 26.2 Å². The zero-order valence-corrected chi connectivity index (χ0v) is 14.2. The van der Waals surface area contributed by atoms with Gasteiger partial charge >= 0.3 is 0 Å². The molecule has 0 aliphatic heterocycles. The van der Waals surface area contributed by atoms with Gasteiger partial charge in [0.05, 0.1) is 11.0 Å². The number of fused-ring (bicyclic) bond motifs is 1. The molecule has 0 aliphatic carbocycles. The van der Waals surface area contributed by atoms with E-state index in [2.05, 4.69) is 52.3 Å². The Balaban J connectivity index is 2.24. The topological polar surface area (TPSA) is 17.8 Å². The Morgan fingerprint density at radius 1 is 1.26 bits per heavy atom. The zero-order valence-electron chi connectivity index (χ0n) is 11.3. The van der Waals surface area contributed by atoms with Crippen molar-refractivity contribution >= 4 is 45.2 Å². The summed E-state index contributed by atoms with van der Waals surface area (Å²) in [6.07, 6.45) is 5.95. The van der Waals surface area contributed by atoms with Crippen molar-refractivity contribution in [3.8, 4) is 0 Å². The van der Waals surface area contributed by atoms with Crippen LogP contribution in [0.1, 0.15) is 38.4 Å². The normalized spacial score (nSPS) is 11.3. The maximum Gasteiger partial charge on any atom is 0.111 e. The van der Waals surface area contributed by atoms with E-state index in [9.17, 15) is 0 Å². The average molecular weight is 391 g/mol. The molecule has 0 saturated heterocycles. The van der Waals surface area contributed by atoms with Gasteiger partial charge in [0.1, 0.15) is 5.82 Å². The first-order chi connectivity index (χ1) is 9.26. The van der Waals surface area contributed by atoms with Crippen molar-refractivity contribution in [3.63, 3.8) is 0 Å². The molecule has 2 aromatic rings. The minimum Gasteiger partial charge on any atom is -0.328 e. The molecular formula is C15H20ClIN2. The lowest BCUT2D eigenvalue weighted by Gasteiger charge is -2.08. The fourth-order valence-corrected chi connectivity index (χ4v) is 3.02.